The summed E-state index contributed by atoms with van der Waals surface area (Å²) < 4.78 is 87.5. The van der Waals surface area contributed by atoms with E-state index in [9.17, 15) is 41.3 Å². The lowest BCUT2D eigenvalue weighted by atomic mass is 10.1. The zero-order valence-corrected chi connectivity index (χ0v) is 28.8. The minimum atomic E-state index is -5.25. The van der Waals surface area contributed by atoms with Crippen LogP contribution in [0.4, 0.5) is 22.7 Å². The van der Waals surface area contributed by atoms with Crippen LogP contribution in [-0.4, -0.2) is 83.3 Å². The Morgan fingerprint density at radius 1 is 0.654 bits per heavy atom. The highest BCUT2D eigenvalue weighted by molar-refractivity contribution is 7.95. The predicted molar refractivity (Wildman–Crippen MR) is 175 cm³/mol. The molecule has 52 heavy (non-hydrogen) atoms. The molecule has 0 heterocycles. The average molecular weight is 809 g/mol. The smallest absolute Gasteiger partial charge is 0.296 e. The van der Waals surface area contributed by atoms with Crippen molar-refractivity contribution in [2.24, 2.45) is 20.5 Å². The summed E-state index contributed by atoms with van der Waals surface area (Å²) in [6, 6.07) is 8.72. The molecule has 0 radical (unpaired) electrons. The molecule has 0 unspecified atom stereocenters. The van der Waals surface area contributed by atoms with Gasteiger partial charge in [0, 0.05) is 6.07 Å². The van der Waals surface area contributed by atoms with Crippen LogP contribution in [0.25, 0.3) is 10.8 Å². The highest BCUT2D eigenvalue weighted by atomic mass is 32.2. The number of azo groups is 2. The number of benzene rings is 4. The van der Waals surface area contributed by atoms with Gasteiger partial charge in [0.05, 0.1) is 57.4 Å². The molecule has 0 aromatic heterocycles. The van der Waals surface area contributed by atoms with E-state index in [1.165, 1.54) is 18.2 Å². The van der Waals surface area contributed by atoms with Crippen LogP contribution in [0.1, 0.15) is 0 Å². The van der Waals surface area contributed by atoms with Crippen LogP contribution in [0.3, 0.4) is 0 Å². The topological polar surface area (TPSA) is 335 Å². The van der Waals surface area contributed by atoms with Crippen molar-refractivity contribution in [3.05, 3.63) is 48.5 Å². The van der Waals surface area contributed by atoms with Gasteiger partial charge in [-0.3, -0.25) is 9.11 Å². The molecule has 8 N–H and O–H groups in total. The summed E-state index contributed by atoms with van der Waals surface area (Å²) in [6.45, 7) is -0.926. The Balaban J connectivity index is 1.96. The number of aliphatic hydroxyl groups excluding tert-OH is 2. The molecule has 0 fully saturated rings. The molecule has 22 nitrogen and oxygen atoms in total. The molecular weight excluding hydrogens is 785 g/mol. The molecule has 4 rings (SSSR count). The first kappa shape index (κ1) is 40.5. The average Bonchev–Trinajstić information content (AvgIpc) is 3.10. The van der Waals surface area contributed by atoms with Gasteiger partial charge >= 0.3 is 0 Å². The summed E-state index contributed by atoms with van der Waals surface area (Å²) in [7, 11) is -10.1. The second-order valence-corrected chi connectivity index (χ2v) is 13.7. The van der Waals surface area contributed by atoms with Crippen LogP contribution >= 0.6 is 24.1 Å². The number of aromatic hydroxyl groups is 2. The third-order valence-electron chi connectivity index (χ3n) is 6.22. The lowest BCUT2D eigenvalue weighted by Gasteiger charge is -2.14. The number of phenols is 2. The van der Waals surface area contributed by atoms with E-state index in [1.54, 1.807) is 0 Å². The molecular formula is C26H24N4O18S4. The summed E-state index contributed by atoms with van der Waals surface area (Å²) in [5.74, 6) is -1.75. The quantitative estimate of drug-likeness (QED) is 0.0211. The first-order chi connectivity index (χ1) is 24.7. The molecule has 0 aliphatic heterocycles. The molecule has 0 atom stereocenters. The Kier molecular flexibility index (Phi) is 14.0. The van der Waals surface area contributed by atoms with E-state index in [2.05, 4.69) is 39.2 Å². The van der Waals surface area contributed by atoms with Crippen LogP contribution in [0.5, 0.6) is 23.0 Å². The number of nitrogens with zero attached hydrogens (tertiary/aromatic N) is 4. The third kappa shape index (κ3) is 9.99. The molecule has 0 saturated heterocycles. The summed E-state index contributed by atoms with van der Waals surface area (Å²) in [5.41, 5.74) is -1.99. The summed E-state index contributed by atoms with van der Waals surface area (Å²) in [5, 5.41) is 80.0. The normalized spacial score (nSPS) is 12.3. The monoisotopic (exact) mass is 808 g/mol. The molecule has 0 spiro atoms. The van der Waals surface area contributed by atoms with E-state index in [0.29, 0.717) is 0 Å². The molecule has 4 aromatic carbocycles. The van der Waals surface area contributed by atoms with Crippen LogP contribution in [0.15, 0.2) is 88.6 Å². The van der Waals surface area contributed by atoms with Gasteiger partial charge in [0.25, 0.3) is 20.2 Å². The van der Waals surface area contributed by atoms with E-state index in [-0.39, 0.29) is 82.9 Å². The van der Waals surface area contributed by atoms with E-state index in [4.69, 9.17) is 25.1 Å². The Hall–Kier alpha value is -4.26. The zero-order chi connectivity index (χ0) is 38.1. The number of rotatable bonds is 18. The molecule has 0 aliphatic rings. The maximum absolute atomic E-state index is 12.5. The first-order valence-corrected chi connectivity index (χ1v) is 18.0. The van der Waals surface area contributed by atoms with Crippen molar-refractivity contribution >= 4 is 77.8 Å². The van der Waals surface area contributed by atoms with Crippen LogP contribution < -0.4 is 9.47 Å². The fourth-order valence-corrected chi connectivity index (χ4v) is 6.20. The second-order valence-electron chi connectivity index (χ2n) is 9.45. The van der Waals surface area contributed by atoms with Crippen molar-refractivity contribution in [1.82, 2.24) is 0 Å². The highest BCUT2D eigenvalue weighted by Crippen LogP contribution is 2.51. The van der Waals surface area contributed by atoms with E-state index < -0.39 is 64.0 Å². The van der Waals surface area contributed by atoms with Crippen molar-refractivity contribution < 1.29 is 85.1 Å². The van der Waals surface area contributed by atoms with Crippen LogP contribution in [-0.2, 0) is 39.0 Å². The molecule has 0 bridgehead atoms. The number of ether oxygens (including phenoxy) is 2. The Morgan fingerprint density at radius 2 is 1.27 bits per heavy atom. The Labute approximate surface area is 300 Å². The standard InChI is InChI=1S/C26H24N4O18S4/c31-5-7-43-14-1-3-18(44-8-6-32)16(11-14)27-29-23-20(50-48-46-36)9-13-10-21(52(40,41)42)24(26(34)22(13)25(23)33)30-28-17-12-15(51(37,38)39)2-4-19(17)49-47-45-35/h1-4,9-12,31-36H,5-8H2,(H,37,38,39)(H,40,41,42)/b29-27+,30-28+. The van der Waals surface area contributed by atoms with Crippen LogP contribution in [0, 0.1) is 0 Å². The van der Waals surface area contributed by atoms with Crippen molar-refractivity contribution in [2.45, 2.75) is 19.6 Å². The molecule has 4 aromatic rings. The number of phenolic OH excluding ortho intramolecular Hbond substituents is 2. The van der Waals surface area contributed by atoms with E-state index >= 15 is 0 Å². The molecule has 0 aliphatic carbocycles. The van der Waals surface area contributed by atoms with Crippen molar-refractivity contribution in [1.29, 1.82) is 0 Å². The molecule has 280 valence electrons. The van der Waals surface area contributed by atoms with Gasteiger partial charge in [-0.05, 0) is 47.9 Å². The largest absolute Gasteiger partial charge is 0.505 e. The Bertz CT molecular complexity index is 2200. The lowest BCUT2D eigenvalue weighted by Crippen LogP contribution is -2.03. The van der Waals surface area contributed by atoms with Gasteiger partial charge in [0.15, 0.2) is 11.5 Å². The van der Waals surface area contributed by atoms with Gasteiger partial charge in [-0.2, -0.15) is 16.8 Å². The minimum Gasteiger partial charge on any atom is -0.505 e. The second kappa shape index (κ2) is 18.0. The number of hydrogen-bond donors (Lipinski definition) is 8. The number of aliphatic hydroxyl groups is 2. The van der Waals surface area contributed by atoms with E-state index in [0.717, 1.165) is 30.3 Å². The van der Waals surface area contributed by atoms with Crippen molar-refractivity contribution in [3.8, 4) is 23.0 Å². The SMILES string of the molecule is O=S(=O)(O)c1ccc(SOOO)c(/N=N/c2c(S(=O)(=O)O)cc3cc(SOOO)c(/N=N/c4cc(OCCO)ccc4OCCO)c(O)c3c2O)c1. The van der Waals surface area contributed by atoms with Gasteiger partial charge < -0.3 is 29.9 Å². The maximum Gasteiger partial charge on any atom is 0.296 e. The van der Waals surface area contributed by atoms with Gasteiger partial charge in [-0.1, -0.05) is 10.1 Å². The fraction of sp³-hybridized carbons (Fsp3) is 0.154. The molecule has 26 heteroatoms. The number of hydrogen-bond acceptors (Lipinski definition) is 22. The molecule has 0 saturated carbocycles. The fourth-order valence-electron chi connectivity index (χ4n) is 4.14. The predicted octanol–water partition coefficient (Wildman–Crippen LogP) is 5.17. The maximum atomic E-state index is 12.5. The highest BCUT2D eigenvalue weighted by Gasteiger charge is 2.27. The van der Waals surface area contributed by atoms with Gasteiger partial charge in [0.1, 0.15) is 52.4 Å². The van der Waals surface area contributed by atoms with Gasteiger partial charge in [-0.25, -0.2) is 10.5 Å². The van der Waals surface area contributed by atoms with Crippen LogP contribution in [0.2, 0.25) is 0 Å². The third-order valence-corrected chi connectivity index (χ3v) is 9.21. The number of fused-ring (bicyclic) bond motifs is 1. The minimum absolute atomic E-state index is 0.0320. The lowest BCUT2D eigenvalue weighted by molar-refractivity contribution is -0.432. The summed E-state index contributed by atoms with van der Waals surface area (Å²) >= 11 is 0.502. The molecule has 0 amide bonds. The summed E-state index contributed by atoms with van der Waals surface area (Å²) in [4.78, 5) is -2.15. The van der Waals surface area contributed by atoms with Gasteiger partial charge in [0.2, 0.25) is 0 Å². The van der Waals surface area contributed by atoms with Crippen molar-refractivity contribution in [2.75, 3.05) is 26.4 Å². The van der Waals surface area contributed by atoms with Gasteiger partial charge in [-0.15, -0.1) is 29.1 Å². The first-order valence-electron chi connectivity index (χ1n) is 13.6. The van der Waals surface area contributed by atoms with Crippen molar-refractivity contribution in [3.63, 3.8) is 0 Å². The summed E-state index contributed by atoms with van der Waals surface area (Å²) in [6.07, 6.45) is 0. The van der Waals surface area contributed by atoms with E-state index in [1.807, 2.05) is 0 Å². The Morgan fingerprint density at radius 3 is 1.90 bits per heavy atom. The zero-order valence-electron chi connectivity index (χ0n) is 25.5.